The van der Waals surface area contributed by atoms with E-state index in [1.165, 1.54) is 0 Å². The maximum atomic E-state index is 16.3. The van der Waals surface area contributed by atoms with E-state index >= 15 is 4.39 Å². The number of aromatic nitrogens is 4. The number of hydrogen-bond donors (Lipinski definition) is 3. The highest BCUT2D eigenvalue weighted by atomic mass is 19.1. The molecule has 0 unspecified atom stereocenters. The standard InChI is InChI=1S/C29H26FN7/c1-3-31-12-18-9-17(2)10-21(11-18)22-7-6-20-14-34-37-28(25(20)26(22)30)29-35-24-16-33-15-23(27(24)36-29)19-5-4-8-32-13-19/h4-11,13,15-16,31,34H,3,12,14H2,1-2H3,(H,35,36). The largest absolute Gasteiger partial charge is 0.335 e. The van der Waals surface area contributed by atoms with Gasteiger partial charge in [0.1, 0.15) is 17.0 Å². The van der Waals surface area contributed by atoms with E-state index in [-0.39, 0.29) is 5.82 Å². The minimum Gasteiger partial charge on any atom is -0.335 e. The number of imidazole rings is 1. The lowest BCUT2D eigenvalue weighted by atomic mass is 9.92. The van der Waals surface area contributed by atoms with Crippen LogP contribution in [0.3, 0.4) is 0 Å². The summed E-state index contributed by atoms with van der Waals surface area (Å²) in [4.78, 5) is 16.7. The third-order valence-corrected chi connectivity index (χ3v) is 6.54. The van der Waals surface area contributed by atoms with Gasteiger partial charge in [-0.2, -0.15) is 5.10 Å². The maximum Gasteiger partial charge on any atom is 0.159 e. The van der Waals surface area contributed by atoms with Crippen LogP contribution in [0.2, 0.25) is 0 Å². The Balaban J connectivity index is 1.46. The highest BCUT2D eigenvalue weighted by Crippen LogP contribution is 2.32. The number of hydrogen-bond acceptors (Lipinski definition) is 6. The number of halogens is 1. The zero-order valence-corrected chi connectivity index (χ0v) is 20.6. The van der Waals surface area contributed by atoms with Crippen molar-refractivity contribution in [2.75, 3.05) is 6.54 Å². The van der Waals surface area contributed by atoms with Gasteiger partial charge in [-0.25, -0.2) is 9.37 Å². The van der Waals surface area contributed by atoms with Crippen LogP contribution in [-0.4, -0.2) is 32.2 Å². The molecule has 6 rings (SSSR count). The first-order chi connectivity index (χ1) is 18.1. The van der Waals surface area contributed by atoms with Crippen LogP contribution >= 0.6 is 0 Å². The van der Waals surface area contributed by atoms with Crippen molar-refractivity contribution in [2.45, 2.75) is 26.9 Å². The van der Waals surface area contributed by atoms with Crippen molar-refractivity contribution in [1.29, 1.82) is 0 Å². The van der Waals surface area contributed by atoms with Crippen LogP contribution in [0.25, 0.3) is 33.3 Å². The summed E-state index contributed by atoms with van der Waals surface area (Å²) in [7, 11) is 0. The molecular formula is C29H26FN7. The van der Waals surface area contributed by atoms with Gasteiger partial charge in [-0.15, -0.1) is 0 Å². The summed E-state index contributed by atoms with van der Waals surface area (Å²) in [6, 6.07) is 13.8. The lowest BCUT2D eigenvalue weighted by Gasteiger charge is -2.19. The molecule has 0 saturated carbocycles. The molecule has 0 radical (unpaired) electrons. The van der Waals surface area contributed by atoms with E-state index in [9.17, 15) is 0 Å². The predicted octanol–water partition coefficient (Wildman–Crippen LogP) is 5.10. The molecule has 0 amide bonds. The van der Waals surface area contributed by atoms with Crippen LogP contribution in [0, 0.1) is 12.7 Å². The van der Waals surface area contributed by atoms with Crippen molar-refractivity contribution in [1.82, 2.24) is 30.7 Å². The fourth-order valence-electron chi connectivity index (χ4n) is 4.84. The van der Waals surface area contributed by atoms with Gasteiger partial charge in [0.15, 0.2) is 5.82 Å². The lowest BCUT2D eigenvalue weighted by molar-refractivity contribution is 0.617. The fourth-order valence-corrected chi connectivity index (χ4v) is 4.84. The first-order valence-electron chi connectivity index (χ1n) is 12.3. The Morgan fingerprint density at radius 3 is 2.76 bits per heavy atom. The van der Waals surface area contributed by atoms with E-state index < -0.39 is 0 Å². The molecule has 2 aromatic carbocycles. The van der Waals surface area contributed by atoms with Crippen LogP contribution in [0.15, 0.2) is 72.4 Å². The minimum atomic E-state index is -0.302. The van der Waals surface area contributed by atoms with Crippen LogP contribution in [-0.2, 0) is 13.1 Å². The first-order valence-corrected chi connectivity index (χ1v) is 12.3. The molecule has 0 fully saturated rings. The SMILES string of the molecule is CCNCc1cc(C)cc(-c2ccc3c(c2F)C(c2nc4c(-c5cccnc5)cncc4[nH]2)=NNC3)c1. The summed E-state index contributed by atoms with van der Waals surface area (Å²) >= 11 is 0. The average molecular weight is 492 g/mol. The molecule has 0 atom stereocenters. The Bertz CT molecular complexity index is 1640. The molecule has 5 aromatic rings. The second kappa shape index (κ2) is 9.55. The van der Waals surface area contributed by atoms with Crippen molar-refractivity contribution < 1.29 is 4.39 Å². The highest BCUT2D eigenvalue weighted by molar-refractivity contribution is 6.14. The third kappa shape index (κ3) is 4.25. The van der Waals surface area contributed by atoms with E-state index in [1.54, 1.807) is 24.8 Å². The number of aromatic amines is 1. The molecule has 0 aliphatic carbocycles. The molecule has 1 aliphatic rings. The van der Waals surface area contributed by atoms with Crippen LogP contribution in [0.4, 0.5) is 4.39 Å². The van der Waals surface area contributed by atoms with Gasteiger partial charge in [0.05, 0.1) is 18.3 Å². The third-order valence-electron chi connectivity index (χ3n) is 6.54. The number of fused-ring (bicyclic) bond motifs is 2. The van der Waals surface area contributed by atoms with Crippen molar-refractivity contribution in [2.24, 2.45) is 5.10 Å². The van der Waals surface area contributed by atoms with Gasteiger partial charge in [-0.05, 0) is 42.3 Å². The molecule has 184 valence electrons. The van der Waals surface area contributed by atoms with E-state index in [1.807, 2.05) is 43.3 Å². The summed E-state index contributed by atoms with van der Waals surface area (Å²) in [6.45, 7) is 6.16. The topological polar surface area (TPSA) is 90.9 Å². The molecule has 0 saturated heterocycles. The van der Waals surface area contributed by atoms with Crippen LogP contribution < -0.4 is 10.7 Å². The van der Waals surface area contributed by atoms with Gasteiger partial charge in [0.2, 0.25) is 0 Å². The summed E-state index contributed by atoms with van der Waals surface area (Å²) in [6.07, 6.45) is 6.98. The van der Waals surface area contributed by atoms with E-state index in [0.717, 1.165) is 57.5 Å². The number of hydrazone groups is 1. The van der Waals surface area contributed by atoms with E-state index in [0.29, 0.717) is 29.2 Å². The van der Waals surface area contributed by atoms with Gasteiger partial charge in [0.25, 0.3) is 0 Å². The molecule has 7 nitrogen and oxygen atoms in total. The van der Waals surface area contributed by atoms with Gasteiger partial charge < -0.3 is 15.7 Å². The Hall–Kier alpha value is -4.43. The quantitative estimate of drug-likeness (QED) is 0.307. The number of nitrogens with zero attached hydrogens (tertiary/aromatic N) is 4. The van der Waals surface area contributed by atoms with Crippen LogP contribution in [0.1, 0.15) is 35.0 Å². The normalized spacial score (nSPS) is 12.8. The molecule has 1 aliphatic heterocycles. The molecule has 4 heterocycles. The molecule has 0 spiro atoms. The number of rotatable bonds is 6. The first kappa shape index (κ1) is 23.0. The number of benzene rings is 2. The monoisotopic (exact) mass is 491 g/mol. The van der Waals surface area contributed by atoms with E-state index in [2.05, 4.69) is 43.8 Å². The number of aryl methyl sites for hydroxylation is 1. The fraction of sp³-hybridized carbons (Fsp3) is 0.172. The Labute approximate surface area is 213 Å². The van der Waals surface area contributed by atoms with Crippen molar-refractivity contribution >= 4 is 16.7 Å². The van der Waals surface area contributed by atoms with E-state index in [4.69, 9.17) is 4.98 Å². The van der Waals surface area contributed by atoms with Crippen molar-refractivity contribution in [3.8, 4) is 22.3 Å². The zero-order chi connectivity index (χ0) is 25.4. The molecule has 0 bridgehead atoms. The Morgan fingerprint density at radius 1 is 1.00 bits per heavy atom. The summed E-state index contributed by atoms with van der Waals surface area (Å²) in [5.74, 6) is 0.179. The summed E-state index contributed by atoms with van der Waals surface area (Å²) in [5.41, 5.74) is 11.6. The molecule has 37 heavy (non-hydrogen) atoms. The smallest absolute Gasteiger partial charge is 0.159 e. The van der Waals surface area contributed by atoms with Crippen molar-refractivity contribution in [3.63, 3.8) is 0 Å². The predicted molar refractivity (Wildman–Crippen MR) is 144 cm³/mol. The maximum absolute atomic E-state index is 16.3. The number of pyridine rings is 2. The van der Waals surface area contributed by atoms with Gasteiger partial charge in [-0.1, -0.05) is 42.8 Å². The summed E-state index contributed by atoms with van der Waals surface area (Å²) < 4.78 is 16.3. The highest BCUT2D eigenvalue weighted by Gasteiger charge is 2.26. The average Bonchev–Trinajstić information content (AvgIpc) is 3.36. The van der Waals surface area contributed by atoms with Crippen LogP contribution in [0.5, 0.6) is 0 Å². The molecule has 8 heteroatoms. The number of nitrogens with one attached hydrogen (secondary N) is 3. The molecular weight excluding hydrogens is 465 g/mol. The minimum absolute atomic E-state index is 0.302. The molecule has 3 N–H and O–H groups in total. The number of H-pyrrole nitrogens is 1. The zero-order valence-electron chi connectivity index (χ0n) is 20.6. The Morgan fingerprint density at radius 2 is 1.92 bits per heavy atom. The van der Waals surface area contributed by atoms with Gasteiger partial charge in [0, 0.05) is 47.4 Å². The lowest BCUT2D eigenvalue weighted by Crippen LogP contribution is -2.24. The second-order valence-electron chi connectivity index (χ2n) is 9.15. The van der Waals surface area contributed by atoms with Gasteiger partial charge in [-0.3, -0.25) is 9.97 Å². The van der Waals surface area contributed by atoms with Gasteiger partial charge >= 0.3 is 0 Å². The Kier molecular flexibility index (Phi) is 5.94. The molecule has 3 aromatic heterocycles. The summed E-state index contributed by atoms with van der Waals surface area (Å²) in [5, 5.41) is 7.85. The van der Waals surface area contributed by atoms with Crippen molar-refractivity contribution in [3.05, 3.63) is 101 Å². The second-order valence-corrected chi connectivity index (χ2v) is 9.15.